The maximum atomic E-state index is 16.2. The van der Waals surface area contributed by atoms with Crippen molar-refractivity contribution in [1.82, 2.24) is 93.0 Å². The van der Waals surface area contributed by atoms with E-state index >= 15 is 38.4 Å². The number of nitrogens with zero attached hydrogens (tertiary/aromatic N) is 5. The maximum Gasteiger partial charge on any atom is 0.246 e. The number of para-hydroxylation sites is 2. The molecule has 0 bridgehead atoms. The summed E-state index contributed by atoms with van der Waals surface area (Å²) in [5.41, 5.74) is 26.2. The smallest absolute Gasteiger partial charge is 0.246 e. The first-order valence-electron chi connectivity index (χ1n) is 46.5. The van der Waals surface area contributed by atoms with E-state index in [-0.39, 0.29) is 95.4 Å². The number of carbonyl (C=O) groups excluding carboxylic acids is 17. The van der Waals surface area contributed by atoms with Gasteiger partial charge in [0.05, 0.1) is 31.4 Å². The van der Waals surface area contributed by atoms with Crippen molar-refractivity contribution in [3.8, 4) is 17.0 Å². The summed E-state index contributed by atoms with van der Waals surface area (Å²) in [4.78, 5) is 262. The van der Waals surface area contributed by atoms with Gasteiger partial charge in [-0.2, -0.15) is 0 Å². The van der Waals surface area contributed by atoms with E-state index in [1.54, 1.807) is 68.6 Å². The first-order valence-corrected chi connectivity index (χ1v) is 47.6. The summed E-state index contributed by atoms with van der Waals surface area (Å²) in [6.07, 6.45) is -0.944. The second kappa shape index (κ2) is 51.6. The Kier molecular flexibility index (Phi) is 40.4. The Morgan fingerprint density at radius 3 is 1.78 bits per heavy atom. The van der Waals surface area contributed by atoms with Gasteiger partial charge >= 0.3 is 0 Å². The molecule has 3 aliphatic rings. The fourth-order valence-electron chi connectivity index (χ4n) is 17.2. The number of aromatic hydroxyl groups is 1. The van der Waals surface area contributed by atoms with Crippen LogP contribution >= 0.6 is 11.8 Å². The number of thioether (sulfide) groups is 1. The number of primary amides is 2. The molecule has 0 aliphatic carbocycles. The molecule has 4 aromatic carbocycles. The molecule has 25 N–H and O–H groups in total. The van der Waals surface area contributed by atoms with Crippen molar-refractivity contribution in [3.05, 3.63) is 126 Å². The number of fused-ring (bicyclic) bond motifs is 4. The highest BCUT2D eigenvalue weighted by Gasteiger charge is 2.47. The third kappa shape index (κ3) is 29.9. The number of aliphatic hydroxyl groups is 2. The summed E-state index contributed by atoms with van der Waals surface area (Å²) < 4.78 is 14.8. The number of unbranched alkanes of at least 4 members (excludes halogenated alkanes) is 2. The lowest BCUT2D eigenvalue weighted by atomic mass is 9.96. The fraction of sp³-hybridized carbons (Fsp3) is 0.511. The maximum absolute atomic E-state index is 16.2. The minimum absolute atomic E-state index is 0.0113. The number of benzene rings is 4. The lowest BCUT2D eigenvalue weighted by Crippen LogP contribution is -2.62. The quantitative estimate of drug-likeness (QED) is 0.0157. The van der Waals surface area contributed by atoms with Crippen LogP contribution in [0.5, 0.6) is 5.75 Å². The molecule has 3 aliphatic heterocycles. The molecule has 15 atom stereocenters. The Labute approximate surface area is 807 Å². The van der Waals surface area contributed by atoms with Crippen molar-refractivity contribution in [1.29, 1.82) is 5.41 Å². The van der Waals surface area contributed by atoms with Crippen LogP contribution in [0.3, 0.4) is 0 Å². The Bertz CT molecular complexity index is 5410. The molecule has 5 heterocycles. The number of nitrogens with one attached hydrogen (secondary N) is 14. The van der Waals surface area contributed by atoms with Gasteiger partial charge in [0.25, 0.3) is 0 Å². The van der Waals surface area contributed by atoms with Crippen LogP contribution in [0, 0.1) is 17.1 Å². The number of phenolic OH excluding ortho intramolecular Hbond substituents is 1. The second-order valence-electron chi connectivity index (χ2n) is 35.6. The number of nitrogens with two attached hydrogens (primary N) is 4. The number of H-pyrrole nitrogens is 2. The van der Waals surface area contributed by atoms with E-state index in [0.29, 0.717) is 62.6 Å². The van der Waals surface area contributed by atoms with Crippen LogP contribution in [0.4, 0.5) is 4.39 Å². The molecule has 0 radical (unpaired) electrons. The van der Waals surface area contributed by atoms with Crippen molar-refractivity contribution in [3.63, 3.8) is 0 Å². The number of likely N-dealkylation sites (N-methyl/N-ethyl adjacent to an activating group) is 3. The average molecular weight is 1950 g/mol. The van der Waals surface area contributed by atoms with Gasteiger partial charge in [0.15, 0.2) is 5.96 Å². The van der Waals surface area contributed by atoms with Crippen LogP contribution in [-0.4, -0.2) is 319 Å². The zero-order valence-corrected chi connectivity index (χ0v) is 80.0. The zero-order valence-electron chi connectivity index (χ0n) is 79.1. The highest BCUT2D eigenvalue weighted by Crippen LogP contribution is 2.34. The minimum atomic E-state index is -1.97. The number of hydrogen-bond acceptors (Lipinski definition) is 23. The molecule has 3 saturated heterocycles. The SMILES string of the molecule is CCCC[C@H]1C(=O)N(C)[C@@H](CCCC)C(=O)NC(CCCNC(=N)N)C(=O)N[C@H](C(=O)NCC(N)=O)CSCC(=O)N[C@@H](Cc2ccc(O)cc2)C(=O)N(C)[C@@H](C)C(=O)N[C@@H](CC(N)=O)C(=O)N2CCC[C@H]2C(=O)N[C@@H](CN)C(=O)N[C@@H](CC(C)C)C(=O)N2C[C@H](O)C[C@H]2C(=O)N[C@@H](Cc2c[nH]c3ccccc23)C(=O)N[C@@H](CO)C(=O)N[C@@H](Cc2c(-c3ccc(F)cc3)[nH]c3ccccc23)C(=O)N1C. The molecule has 17 amide bonds. The Hall–Kier alpha value is -13.8. The lowest BCUT2D eigenvalue weighted by Gasteiger charge is -2.36. The first-order chi connectivity index (χ1) is 66.1. The van der Waals surface area contributed by atoms with Gasteiger partial charge in [0.1, 0.15) is 96.2 Å². The van der Waals surface area contributed by atoms with E-state index in [9.17, 15) is 62.9 Å². The van der Waals surface area contributed by atoms with Crippen LogP contribution in [0.1, 0.15) is 135 Å². The van der Waals surface area contributed by atoms with E-state index in [0.717, 1.165) is 36.3 Å². The monoisotopic (exact) mass is 1950 g/mol. The standard InChI is InChI=1S/C94H130FN23O20S/c1-9-11-24-72-86(131)106-63(23-17-35-101-94(99)100)82(127)113-71(81(126)103-45-77(98)123)48-139-49-78(124)104-66(38-52-27-33-56(120)34-28-52)89(134)114(6)51(5)80(125)108-68(42-76(97)122)91(136)117-36-18-26-73(117)87(132)111-69(43-96)84(129)109-65(37-50(3)4)92(137)118-46-57(121)40-75(118)88(133)107-64(39-54-44-102-61-21-15-13-19-58(54)61)83(128)112-70(47-119)85(130)110-67(90(135)116(8)74(25-12-10-2)93(138)115(72)7)41-60-59-20-14-16-22-62(59)105-79(60)53-29-31-55(95)32-30-53/h13-16,19-22,27-34,44,50-51,57,63-75,102,105,119-121H,9-12,17-18,23-26,35-43,45-49,96H2,1-8H3,(H2,97,122)(H2,98,123)(H,103,126)(H,104,124)(H,106,131)(H,107,133)(H,108,125)(H,109,129)(H,110,130)(H,111,132)(H,112,128)(H,113,127)(H4,99,100,101)/t51-,57+,63?,64-,65-,66-,67-,68-,69-,70-,71-,72-,73-,74-,75-/m0/s1. The number of aliphatic hydroxyl groups excluding tert-OH is 2. The van der Waals surface area contributed by atoms with E-state index in [1.807, 2.05) is 13.8 Å². The van der Waals surface area contributed by atoms with Crippen molar-refractivity contribution < 1.29 is 101 Å². The van der Waals surface area contributed by atoms with Crippen LogP contribution in [-0.2, 0) is 101 Å². The number of aromatic amines is 2. The number of guanidine groups is 1. The molecule has 754 valence electrons. The van der Waals surface area contributed by atoms with Gasteiger partial charge in [-0.15, -0.1) is 11.8 Å². The molecule has 45 heteroatoms. The van der Waals surface area contributed by atoms with Gasteiger partial charge in [-0.05, 0) is 129 Å². The summed E-state index contributed by atoms with van der Waals surface area (Å²) in [6, 6.07) is 2.34. The molecule has 0 saturated carbocycles. The summed E-state index contributed by atoms with van der Waals surface area (Å²) in [5.74, 6) is -19.2. The number of phenols is 1. The van der Waals surface area contributed by atoms with Crippen molar-refractivity contribution in [2.75, 3.05) is 72.0 Å². The van der Waals surface area contributed by atoms with Gasteiger partial charge in [-0.1, -0.05) is 102 Å². The Morgan fingerprint density at radius 2 is 1.14 bits per heavy atom. The Balaban J connectivity index is 1.12. The summed E-state index contributed by atoms with van der Waals surface area (Å²) in [5, 5.41) is 70.8. The predicted molar refractivity (Wildman–Crippen MR) is 512 cm³/mol. The van der Waals surface area contributed by atoms with Gasteiger partial charge in [-0.3, -0.25) is 86.9 Å². The van der Waals surface area contributed by atoms with Crippen LogP contribution in [0.2, 0.25) is 0 Å². The third-order valence-corrected chi connectivity index (χ3v) is 25.9. The molecular weight excluding hydrogens is 1820 g/mol. The van der Waals surface area contributed by atoms with Gasteiger partial charge in [0, 0.05) is 112 Å². The highest BCUT2D eigenvalue weighted by atomic mass is 32.2. The summed E-state index contributed by atoms with van der Waals surface area (Å²) in [6.45, 7) is 5.19. The number of aromatic nitrogens is 2. The molecule has 2 aromatic heterocycles. The van der Waals surface area contributed by atoms with E-state index in [2.05, 4.69) is 68.5 Å². The lowest BCUT2D eigenvalue weighted by molar-refractivity contribution is -0.149. The number of amides is 17. The van der Waals surface area contributed by atoms with Crippen molar-refractivity contribution >= 4 is 140 Å². The van der Waals surface area contributed by atoms with Gasteiger partial charge in [0.2, 0.25) is 100 Å². The van der Waals surface area contributed by atoms with Crippen molar-refractivity contribution in [2.24, 2.45) is 28.9 Å². The summed E-state index contributed by atoms with van der Waals surface area (Å²) in [7, 11) is 3.84. The molecule has 6 aromatic rings. The molecule has 3 fully saturated rings. The second-order valence-corrected chi connectivity index (χ2v) is 36.6. The fourth-order valence-corrected chi connectivity index (χ4v) is 18.0. The van der Waals surface area contributed by atoms with Crippen LogP contribution in [0.15, 0.2) is 103 Å². The zero-order chi connectivity index (χ0) is 102. The van der Waals surface area contributed by atoms with Gasteiger partial charge in [-0.25, -0.2) is 4.39 Å². The largest absolute Gasteiger partial charge is 0.508 e. The van der Waals surface area contributed by atoms with E-state index < -0.39 is 260 Å². The third-order valence-electron chi connectivity index (χ3n) is 24.8. The van der Waals surface area contributed by atoms with Gasteiger partial charge < -0.3 is 131 Å². The van der Waals surface area contributed by atoms with Crippen LogP contribution < -0.4 is 81.4 Å². The number of rotatable bonds is 26. The van der Waals surface area contributed by atoms with E-state index in [4.69, 9.17) is 28.3 Å². The molecule has 43 nitrogen and oxygen atoms in total. The molecule has 139 heavy (non-hydrogen) atoms. The summed E-state index contributed by atoms with van der Waals surface area (Å²) >= 11 is 0.747. The molecule has 9 rings (SSSR count). The van der Waals surface area contributed by atoms with Crippen molar-refractivity contribution in [2.45, 2.75) is 228 Å². The number of carbonyl (C=O) groups is 17. The number of halogens is 1. The predicted octanol–water partition coefficient (Wildman–Crippen LogP) is -2.13. The Morgan fingerprint density at radius 1 is 0.568 bits per heavy atom. The molecular formula is C94H130FN23O20S. The minimum Gasteiger partial charge on any atom is -0.508 e. The molecule has 0 spiro atoms. The highest BCUT2D eigenvalue weighted by molar-refractivity contribution is 8.00. The number of hydrogen-bond donors (Lipinski definition) is 21. The topological polar surface area (TPSA) is 659 Å². The normalized spacial score (nSPS) is 24.4. The van der Waals surface area contributed by atoms with Crippen LogP contribution in [0.25, 0.3) is 33.1 Å². The average Bonchev–Trinajstić information content (AvgIpc) is 1.62. The first kappa shape index (κ1) is 109. The molecule has 1 unspecified atom stereocenters. The van der Waals surface area contributed by atoms with E-state index in [1.165, 1.54) is 76.6 Å².